The van der Waals surface area contributed by atoms with Crippen LogP contribution >= 0.6 is 0 Å². The molecule has 3 heterocycles. The summed E-state index contributed by atoms with van der Waals surface area (Å²) in [7, 11) is 1.88. The van der Waals surface area contributed by atoms with Gasteiger partial charge in [0.1, 0.15) is 5.82 Å². The Morgan fingerprint density at radius 3 is 2.51 bits per heavy atom. The Morgan fingerprint density at radius 1 is 1.09 bits per heavy atom. The van der Waals surface area contributed by atoms with Crippen molar-refractivity contribution in [1.82, 2.24) is 19.1 Å². The molecule has 0 aliphatic carbocycles. The van der Waals surface area contributed by atoms with E-state index < -0.39 is 0 Å². The molecule has 0 N–H and O–H groups in total. The fourth-order valence-electron chi connectivity index (χ4n) is 4.79. The SMILES string of the molecule is CC(=O)n1c(N(C)C2CCN(c3nc4ccccc4n3Cc3ccc(F)cc3)CC2)nccc1=O. The largest absolute Gasteiger partial charge is 0.342 e. The molecule has 0 saturated carbocycles. The molecule has 0 atom stereocenters. The number of para-hydroxylation sites is 2. The summed E-state index contributed by atoms with van der Waals surface area (Å²) in [4.78, 5) is 37.7. The van der Waals surface area contributed by atoms with Crippen molar-refractivity contribution in [2.75, 3.05) is 29.9 Å². The van der Waals surface area contributed by atoms with Crippen LogP contribution in [-0.2, 0) is 6.54 Å². The van der Waals surface area contributed by atoms with Gasteiger partial charge in [-0.15, -0.1) is 0 Å². The number of rotatable bonds is 5. The molecular formula is C26H27FN6O2. The molecule has 0 unspecified atom stereocenters. The molecule has 35 heavy (non-hydrogen) atoms. The molecule has 180 valence electrons. The van der Waals surface area contributed by atoms with Crippen LogP contribution in [-0.4, -0.2) is 51.2 Å². The van der Waals surface area contributed by atoms with Gasteiger partial charge >= 0.3 is 0 Å². The molecular weight excluding hydrogens is 447 g/mol. The molecule has 4 aromatic rings. The number of halogens is 1. The second-order valence-electron chi connectivity index (χ2n) is 8.88. The minimum absolute atomic E-state index is 0.126. The number of aromatic nitrogens is 4. The van der Waals surface area contributed by atoms with E-state index in [1.807, 2.05) is 30.1 Å². The molecule has 5 rings (SSSR count). The molecule has 2 aromatic carbocycles. The first kappa shape index (κ1) is 22.8. The Balaban J connectivity index is 1.39. The summed E-state index contributed by atoms with van der Waals surface area (Å²) in [5, 5.41) is 0. The summed E-state index contributed by atoms with van der Waals surface area (Å²) in [6.07, 6.45) is 3.08. The van der Waals surface area contributed by atoms with Crippen LogP contribution in [0.4, 0.5) is 16.3 Å². The number of anilines is 2. The van der Waals surface area contributed by atoms with Gasteiger partial charge in [0.05, 0.1) is 17.6 Å². The highest BCUT2D eigenvalue weighted by Crippen LogP contribution is 2.28. The molecule has 1 aliphatic heterocycles. The van der Waals surface area contributed by atoms with Crippen molar-refractivity contribution in [2.24, 2.45) is 0 Å². The first-order valence-corrected chi connectivity index (χ1v) is 11.7. The van der Waals surface area contributed by atoms with E-state index in [9.17, 15) is 14.0 Å². The van der Waals surface area contributed by atoms with Gasteiger partial charge in [-0.2, -0.15) is 0 Å². The zero-order chi connectivity index (χ0) is 24.5. The number of hydrogen-bond acceptors (Lipinski definition) is 6. The zero-order valence-corrected chi connectivity index (χ0v) is 19.8. The Morgan fingerprint density at radius 2 is 1.80 bits per heavy atom. The summed E-state index contributed by atoms with van der Waals surface area (Å²) in [6.45, 7) is 3.49. The lowest BCUT2D eigenvalue weighted by molar-refractivity contribution is 0.0932. The Hall–Kier alpha value is -4.01. The predicted molar refractivity (Wildman–Crippen MR) is 134 cm³/mol. The van der Waals surface area contributed by atoms with Crippen molar-refractivity contribution < 1.29 is 9.18 Å². The van der Waals surface area contributed by atoms with E-state index in [0.717, 1.165) is 53.0 Å². The fraction of sp³-hybridized carbons (Fsp3) is 0.308. The first-order chi connectivity index (χ1) is 16.9. The molecule has 9 heteroatoms. The average Bonchev–Trinajstić information content (AvgIpc) is 3.23. The van der Waals surface area contributed by atoms with Gasteiger partial charge in [-0.25, -0.2) is 18.9 Å². The van der Waals surface area contributed by atoms with Gasteiger partial charge in [0, 0.05) is 45.4 Å². The maximum atomic E-state index is 13.4. The van der Waals surface area contributed by atoms with Gasteiger partial charge in [-0.1, -0.05) is 24.3 Å². The summed E-state index contributed by atoms with van der Waals surface area (Å²) in [6, 6.07) is 16.0. The van der Waals surface area contributed by atoms with Crippen molar-refractivity contribution in [3.05, 3.63) is 82.5 Å². The normalized spacial score (nSPS) is 14.4. The molecule has 0 amide bonds. The summed E-state index contributed by atoms with van der Waals surface area (Å²) >= 11 is 0. The lowest BCUT2D eigenvalue weighted by Crippen LogP contribution is -2.46. The maximum Gasteiger partial charge on any atom is 0.261 e. The topological polar surface area (TPSA) is 76.3 Å². The third-order valence-electron chi connectivity index (χ3n) is 6.64. The van der Waals surface area contributed by atoms with Crippen molar-refractivity contribution in [1.29, 1.82) is 0 Å². The highest BCUT2D eigenvalue weighted by molar-refractivity contribution is 5.79. The Labute approximate surface area is 202 Å². The van der Waals surface area contributed by atoms with E-state index in [1.54, 1.807) is 12.1 Å². The van der Waals surface area contributed by atoms with Crippen LogP contribution in [0.15, 0.2) is 65.6 Å². The second kappa shape index (κ2) is 9.32. The van der Waals surface area contributed by atoms with E-state index in [-0.39, 0.29) is 23.3 Å². The van der Waals surface area contributed by atoms with Gasteiger partial charge in [0.25, 0.3) is 5.56 Å². The molecule has 0 bridgehead atoms. The maximum absolute atomic E-state index is 13.4. The number of hydrogen-bond donors (Lipinski definition) is 0. The van der Waals surface area contributed by atoms with E-state index >= 15 is 0 Å². The number of piperidine rings is 1. The van der Waals surface area contributed by atoms with Gasteiger partial charge < -0.3 is 14.4 Å². The lowest BCUT2D eigenvalue weighted by atomic mass is 10.0. The number of fused-ring (bicyclic) bond motifs is 1. The molecule has 0 radical (unpaired) electrons. The third kappa shape index (κ3) is 4.41. The van der Waals surface area contributed by atoms with Crippen LogP contribution in [0.2, 0.25) is 0 Å². The van der Waals surface area contributed by atoms with Gasteiger partial charge in [0.15, 0.2) is 0 Å². The fourth-order valence-corrected chi connectivity index (χ4v) is 4.79. The Bertz CT molecular complexity index is 1420. The minimum atomic E-state index is -0.374. The lowest BCUT2D eigenvalue weighted by Gasteiger charge is -2.38. The van der Waals surface area contributed by atoms with Crippen molar-refractivity contribution in [2.45, 2.75) is 32.4 Å². The minimum Gasteiger partial charge on any atom is -0.342 e. The van der Waals surface area contributed by atoms with Gasteiger partial charge in [0.2, 0.25) is 17.8 Å². The third-order valence-corrected chi connectivity index (χ3v) is 6.64. The van der Waals surface area contributed by atoms with Gasteiger partial charge in [-0.05, 0) is 42.7 Å². The van der Waals surface area contributed by atoms with Crippen LogP contribution in [0.1, 0.15) is 30.1 Å². The zero-order valence-electron chi connectivity index (χ0n) is 19.8. The van der Waals surface area contributed by atoms with Crippen molar-refractivity contribution in [3.63, 3.8) is 0 Å². The van der Waals surface area contributed by atoms with Crippen LogP contribution in [0.3, 0.4) is 0 Å². The number of nitrogens with zero attached hydrogens (tertiary/aromatic N) is 6. The molecule has 1 aliphatic rings. The number of benzene rings is 2. The highest BCUT2D eigenvalue weighted by Gasteiger charge is 2.28. The van der Waals surface area contributed by atoms with Crippen molar-refractivity contribution in [3.8, 4) is 0 Å². The molecule has 8 nitrogen and oxygen atoms in total. The molecule has 1 fully saturated rings. The van der Waals surface area contributed by atoms with Crippen LogP contribution in [0.5, 0.6) is 0 Å². The predicted octanol–water partition coefficient (Wildman–Crippen LogP) is 3.55. The summed E-state index contributed by atoms with van der Waals surface area (Å²) in [5.41, 5.74) is 2.58. The van der Waals surface area contributed by atoms with E-state index in [2.05, 4.69) is 20.5 Å². The standard InChI is InChI=1S/C26H27FN6O2/c1-18(34)33-24(35)11-14-28-25(33)30(2)21-12-15-31(16-13-21)26-29-22-5-3-4-6-23(22)32(26)17-19-7-9-20(27)10-8-19/h3-11,14,21H,12-13,15-17H2,1-2H3. The Kier molecular flexibility index (Phi) is 6.07. The van der Waals surface area contributed by atoms with E-state index in [0.29, 0.717) is 12.5 Å². The van der Waals surface area contributed by atoms with Crippen molar-refractivity contribution >= 4 is 28.8 Å². The van der Waals surface area contributed by atoms with Crippen LogP contribution in [0.25, 0.3) is 11.0 Å². The highest BCUT2D eigenvalue weighted by atomic mass is 19.1. The average molecular weight is 475 g/mol. The number of carbonyl (C=O) groups excluding carboxylic acids is 1. The monoisotopic (exact) mass is 474 g/mol. The smallest absolute Gasteiger partial charge is 0.261 e. The van der Waals surface area contributed by atoms with E-state index in [1.165, 1.54) is 31.3 Å². The van der Waals surface area contributed by atoms with Crippen LogP contribution < -0.4 is 15.4 Å². The second-order valence-corrected chi connectivity index (χ2v) is 8.88. The van der Waals surface area contributed by atoms with Gasteiger partial charge in [-0.3, -0.25) is 9.59 Å². The first-order valence-electron chi connectivity index (χ1n) is 11.7. The number of imidazole rings is 1. The quantitative estimate of drug-likeness (QED) is 0.440. The number of carbonyl (C=O) groups is 1. The molecule has 0 spiro atoms. The summed E-state index contributed by atoms with van der Waals surface area (Å²) < 4.78 is 16.7. The molecule has 1 saturated heterocycles. The summed E-state index contributed by atoms with van der Waals surface area (Å²) in [5.74, 6) is 0.651. The molecule has 2 aromatic heterocycles. The van der Waals surface area contributed by atoms with E-state index in [4.69, 9.17) is 4.98 Å². The van der Waals surface area contributed by atoms with Crippen LogP contribution in [0, 0.1) is 5.82 Å².